The average Bonchev–Trinajstić information content (AvgIpc) is 2.45. The van der Waals surface area contributed by atoms with E-state index in [0.717, 1.165) is 38.4 Å². The van der Waals surface area contributed by atoms with Crippen molar-refractivity contribution in [3.05, 3.63) is 29.8 Å². The predicted octanol–water partition coefficient (Wildman–Crippen LogP) is 2.48. The number of piperazine rings is 1. The number of nitrogens with one attached hydrogen (secondary N) is 1. The van der Waals surface area contributed by atoms with Gasteiger partial charge in [-0.2, -0.15) is 0 Å². The van der Waals surface area contributed by atoms with Crippen LogP contribution >= 0.6 is 0 Å². The van der Waals surface area contributed by atoms with Gasteiger partial charge in [-0.25, -0.2) is 0 Å². The van der Waals surface area contributed by atoms with E-state index in [1.807, 2.05) is 0 Å². The molecule has 0 atom stereocenters. The molecule has 1 aromatic rings. The van der Waals surface area contributed by atoms with E-state index in [-0.39, 0.29) is 0 Å². The summed E-state index contributed by atoms with van der Waals surface area (Å²) in [4.78, 5) is 2.50. The van der Waals surface area contributed by atoms with E-state index in [2.05, 4.69) is 48.3 Å². The molecule has 1 aliphatic rings. The van der Waals surface area contributed by atoms with E-state index in [4.69, 9.17) is 4.74 Å². The molecule has 0 aromatic heterocycles. The van der Waals surface area contributed by atoms with Crippen LogP contribution in [0.1, 0.15) is 31.7 Å². The molecule has 106 valence electrons. The molecule has 19 heavy (non-hydrogen) atoms. The van der Waals surface area contributed by atoms with Gasteiger partial charge >= 0.3 is 0 Å². The topological polar surface area (TPSA) is 24.5 Å². The Morgan fingerprint density at radius 1 is 1.26 bits per heavy atom. The molecule has 0 radical (unpaired) electrons. The Bertz CT molecular complexity index is 373. The molecule has 3 nitrogen and oxygen atoms in total. The van der Waals surface area contributed by atoms with Crippen LogP contribution in [0.3, 0.4) is 0 Å². The van der Waals surface area contributed by atoms with Gasteiger partial charge in [-0.15, -0.1) is 0 Å². The van der Waals surface area contributed by atoms with E-state index in [9.17, 15) is 0 Å². The molecular formula is C16H26N2O. The number of rotatable bonds is 6. The first-order valence-electron chi connectivity index (χ1n) is 7.41. The molecule has 1 heterocycles. The molecule has 0 aliphatic carbocycles. The minimum Gasteiger partial charge on any atom is -0.494 e. The fraction of sp³-hybridized carbons (Fsp3) is 0.625. The van der Waals surface area contributed by atoms with E-state index in [0.29, 0.717) is 5.92 Å². The van der Waals surface area contributed by atoms with Crippen molar-refractivity contribution in [2.75, 3.05) is 39.3 Å². The van der Waals surface area contributed by atoms with Gasteiger partial charge in [0.1, 0.15) is 5.75 Å². The summed E-state index contributed by atoms with van der Waals surface area (Å²) in [6.07, 6.45) is 1.10. The zero-order chi connectivity index (χ0) is 13.5. The molecule has 0 bridgehead atoms. The normalized spacial score (nSPS) is 16.8. The van der Waals surface area contributed by atoms with Crippen LogP contribution in [0.15, 0.2) is 24.3 Å². The highest BCUT2D eigenvalue weighted by Crippen LogP contribution is 2.20. The Hall–Kier alpha value is -1.06. The number of hydrogen-bond donors (Lipinski definition) is 1. The predicted molar refractivity (Wildman–Crippen MR) is 80.0 cm³/mol. The van der Waals surface area contributed by atoms with Crippen molar-refractivity contribution in [3.63, 3.8) is 0 Å². The van der Waals surface area contributed by atoms with Crippen LogP contribution in [0.25, 0.3) is 0 Å². The highest BCUT2D eigenvalue weighted by atomic mass is 16.5. The zero-order valence-corrected chi connectivity index (χ0v) is 12.2. The number of nitrogens with zero attached hydrogens (tertiary/aromatic N) is 1. The molecule has 1 N–H and O–H groups in total. The smallest absolute Gasteiger partial charge is 0.119 e. The second kappa shape index (κ2) is 7.51. The van der Waals surface area contributed by atoms with Crippen molar-refractivity contribution in [1.29, 1.82) is 0 Å². The third kappa shape index (κ3) is 4.84. The molecule has 3 heteroatoms. The van der Waals surface area contributed by atoms with Crippen molar-refractivity contribution in [1.82, 2.24) is 10.2 Å². The fourth-order valence-corrected chi connectivity index (χ4v) is 2.38. The second-order valence-corrected chi connectivity index (χ2v) is 5.52. The van der Waals surface area contributed by atoms with Crippen molar-refractivity contribution in [2.45, 2.75) is 26.2 Å². The zero-order valence-electron chi connectivity index (χ0n) is 12.2. The van der Waals surface area contributed by atoms with Crippen LogP contribution in [-0.2, 0) is 0 Å². The third-order valence-electron chi connectivity index (χ3n) is 3.62. The highest BCUT2D eigenvalue weighted by Gasteiger charge is 2.08. The van der Waals surface area contributed by atoms with Gasteiger partial charge in [0, 0.05) is 32.7 Å². The van der Waals surface area contributed by atoms with Gasteiger partial charge in [0.25, 0.3) is 0 Å². The summed E-state index contributed by atoms with van der Waals surface area (Å²) < 4.78 is 5.85. The Labute approximate surface area is 116 Å². The molecular weight excluding hydrogens is 236 g/mol. The summed E-state index contributed by atoms with van der Waals surface area (Å²) in [5.41, 5.74) is 1.35. The lowest BCUT2D eigenvalue weighted by Gasteiger charge is -2.27. The molecule has 1 aromatic carbocycles. The summed E-state index contributed by atoms with van der Waals surface area (Å²) in [5, 5.41) is 3.37. The Morgan fingerprint density at radius 3 is 2.79 bits per heavy atom. The monoisotopic (exact) mass is 262 g/mol. The number of benzene rings is 1. The molecule has 1 aliphatic heterocycles. The molecule has 1 saturated heterocycles. The molecule has 0 unspecified atom stereocenters. The molecule has 0 amide bonds. The summed E-state index contributed by atoms with van der Waals surface area (Å²) >= 11 is 0. The van der Waals surface area contributed by atoms with Gasteiger partial charge in [0.15, 0.2) is 0 Å². The summed E-state index contributed by atoms with van der Waals surface area (Å²) in [7, 11) is 0. The second-order valence-electron chi connectivity index (χ2n) is 5.52. The number of ether oxygens (including phenoxy) is 1. The van der Waals surface area contributed by atoms with Gasteiger partial charge in [0.2, 0.25) is 0 Å². The van der Waals surface area contributed by atoms with Crippen LogP contribution in [0.4, 0.5) is 0 Å². The van der Waals surface area contributed by atoms with Crippen molar-refractivity contribution in [2.24, 2.45) is 0 Å². The molecule has 1 fully saturated rings. The van der Waals surface area contributed by atoms with Crippen LogP contribution in [0.5, 0.6) is 5.75 Å². The van der Waals surface area contributed by atoms with Gasteiger partial charge < -0.3 is 15.0 Å². The molecule has 0 spiro atoms. The largest absolute Gasteiger partial charge is 0.494 e. The van der Waals surface area contributed by atoms with Gasteiger partial charge in [-0.1, -0.05) is 26.0 Å². The van der Waals surface area contributed by atoms with Crippen LogP contribution in [-0.4, -0.2) is 44.2 Å². The maximum Gasteiger partial charge on any atom is 0.119 e. The van der Waals surface area contributed by atoms with Gasteiger partial charge in [-0.05, 0) is 30.0 Å². The van der Waals surface area contributed by atoms with Crippen LogP contribution < -0.4 is 10.1 Å². The Balaban J connectivity index is 1.68. The lowest BCUT2D eigenvalue weighted by molar-refractivity contribution is 0.214. The lowest BCUT2D eigenvalue weighted by atomic mass is 10.0. The first-order chi connectivity index (χ1) is 9.25. The Morgan fingerprint density at radius 2 is 2.05 bits per heavy atom. The average molecular weight is 262 g/mol. The first kappa shape index (κ1) is 14.4. The van der Waals surface area contributed by atoms with E-state index >= 15 is 0 Å². The molecule has 0 saturated carbocycles. The quantitative estimate of drug-likeness (QED) is 0.797. The Kier molecular flexibility index (Phi) is 5.67. The first-order valence-corrected chi connectivity index (χ1v) is 7.41. The van der Waals surface area contributed by atoms with E-state index in [1.54, 1.807) is 0 Å². The van der Waals surface area contributed by atoms with Crippen LogP contribution in [0.2, 0.25) is 0 Å². The molecule has 2 rings (SSSR count). The highest BCUT2D eigenvalue weighted by molar-refractivity contribution is 5.30. The van der Waals surface area contributed by atoms with Crippen molar-refractivity contribution in [3.8, 4) is 5.75 Å². The van der Waals surface area contributed by atoms with Gasteiger partial charge in [0.05, 0.1) is 6.61 Å². The minimum absolute atomic E-state index is 0.560. The maximum atomic E-state index is 5.85. The van der Waals surface area contributed by atoms with E-state index < -0.39 is 0 Å². The van der Waals surface area contributed by atoms with Crippen molar-refractivity contribution < 1.29 is 4.74 Å². The third-order valence-corrected chi connectivity index (χ3v) is 3.62. The van der Waals surface area contributed by atoms with Gasteiger partial charge in [-0.3, -0.25) is 0 Å². The van der Waals surface area contributed by atoms with Crippen LogP contribution in [0, 0.1) is 0 Å². The fourth-order valence-electron chi connectivity index (χ4n) is 2.38. The number of hydrogen-bond acceptors (Lipinski definition) is 3. The standard InChI is InChI=1S/C16H26N2O/c1-14(2)15-5-3-6-16(13-15)19-12-4-9-18-10-7-17-8-11-18/h3,5-6,13-14,17H,4,7-12H2,1-2H3. The minimum atomic E-state index is 0.560. The maximum absolute atomic E-state index is 5.85. The van der Waals surface area contributed by atoms with Crippen molar-refractivity contribution >= 4 is 0 Å². The lowest BCUT2D eigenvalue weighted by Crippen LogP contribution is -2.43. The summed E-state index contributed by atoms with van der Waals surface area (Å²) in [6, 6.07) is 8.46. The SMILES string of the molecule is CC(C)c1cccc(OCCCN2CCNCC2)c1. The van der Waals surface area contributed by atoms with E-state index in [1.165, 1.54) is 18.7 Å². The summed E-state index contributed by atoms with van der Waals surface area (Å²) in [6.45, 7) is 11.0. The summed E-state index contributed by atoms with van der Waals surface area (Å²) in [5.74, 6) is 1.57.